The molecule has 0 aromatic heterocycles. The Bertz CT molecular complexity index is 468. The van der Waals surface area contributed by atoms with Crippen molar-refractivity contribution in [3.05, 3.63) is 65.7 Å². The molecule has 2 aromatic rings. The van der Waals surface area contributed by atoms with Crippen molar-refractivity contribution in [3.8, 4) is 5.75 Å². The Morgan fingerprint density at radius 2 is 1.33 bits per heavy atom. The Hall–Kier alpha value is -1.41. The first-order valence-corrected chi connectivity index (χ1v) is 6.89. The first kappa shape index (κ1) is 13.0. The Labute approximate surface area is 108 Å². The van der Waals surface area contributed by atoms with Gasteiger partial charge in [-0.2, -0.15) is 0 Å². The van der Waals surface area contributed by atoms with E-state index in [0.717, 1.165) is 12.8 Å². The summed E-state index contributed by atoms with van der Waals surface area (Å²) in [5.41, 5.74) is 2.51. The zero-order valence-corrected chi connectivity index (χ0v) is 10.8. The largest absolute Gasteiger partial charge is 0.427 e. The van der Waals surface area contributed by atoms with E-state index >= 15 is 0 Å². The van der Waals surface area contributed by atoms with E-state index in [1.54, 1.807) is 12.1 Å². The molecule has 0 aliphatic carbocycles. The molecule has 2 rings (SSSR count). The highest BCUT2D eigenvalue weighted by Crippen LogP contribution is 2.28. The summed E-state index contributed by atoms with van der Waals surface area (Å²) in [6, 6.07) is 17.7. The lowest BCUT2D eigenvalue weighted by atomic mass is 10.0. The predicted octanol–water partition coefficient (Wildman–Crippen LogP) is 3.06. The summed E-state index contributed by atoms with van der Waals surface area (Å²) in [5.74, 6) is 0.481. The smallest absolute Gasteiger partial charge is 0.391 e. The minimum atomic E-state index is -2.33. The lowest BCUT2D eigenvalue weighted by Crippen LogP contribution is -1.91. The molecule has 3 nitrogen and oxygen atoms in total. The lowest BCUT2D eigenvalue weighted by Gasteiger charge is -2.06. The predicted molar refractivity (Wildman–Crippen MR) is 72.3 cm³/mol. The minimum absolute atomic E-state index is 0.481. The highest BCUT2D eigenvalue weighted by Gasteiger charge is 2.02. The van der Waals surface area contributed by atoms with E-state index in [-0.39, 0.29) is 0 Å². The van der Waals surface area contributed by atoms with Crippen LogP contribution >= 0.6 is 8.60 Å². The van der Waals surface area contributed by atoms with Gasteiger partial charge in [0.15, 0.2) is 0 Å². The van der Waals surface area contributed by atoms with Crippen molar-refractivity contribution in [2.45, 2.75) is 12.8 Å². The van der Waals surface area contributed by atoms with Gasteiger partial charge in [0.2, 0.25) is 0 Å². The SMILES string of the molecule is OP(O)Oc1ccc(CCc2ccccc2)cc1. The van der Waals surface area contributed by atoms with Gasteiger partial charge in [-0.05, 0) is 36.1 Å². The molecule has 0 radical (unpaired) electrons. The molecule has 2 aromatic carbocycles. The Morgan fingerprint density at radius 3 is 1.89 bits per heavy atom. The van der Waals surface area contributed by atoms with E-state index < -0.39 is 8.60 Å². The summed E-state index contributed by atoms with van der Waals surface area (Å²) in [7, 11) is -2.33. The third kappa shape index (κ3) is 4.11. The van der Waals surface area contributed by atoms with Crippen LogP contribution in [0.3, 0.4) is 0 Å². The molecule has 0 unspecified atom stereocenters. The standard InChI is InChI=1S/C14H15O3P/c15-18(16)17-14-10-8-13(9-11-14)7-6-12-4-2-1-3-5-12/h1-5,8-11,15-16H,6-7H2. The highest BCUT2D eigenvalue weighted by molar-refractivity contribution is 7.39. The zero-order valence-electron chi connectivity index (χ0n) is 9.86. The second-order valence-corrected chi connectivity index (χ2v) is 4.66. The second-order valence-electron chi connectivity index (χ2n) is 3.97. The van der Waals surface area contributed by atoms with Gasteiger partial charge in [0.25, 0.3) is 0 Å². The fraction of sp³-hybridized carbons (Fsp3) is 0.143. The van der Waals surface area contributed by atoms with E-state index in [1.165, 1.54) is 11.1 Å². The van der Waals surface area contributed by atoms with Gasteiger partial charge in [-0.1, -0.05) is 42.5 Å². The number of benzene rings is 2. The van der Waals surface area contributed by atoms with Gasteiger partial charge in [-0.3, -0.25) is 0 Å². The number of hydrogen-bond donors (Lipinski definition) is 2. The van der Waals surface area contributed by atoms with Crippen LogP contribution in [-0.4, -0.2) is 9.79 Å². The molecule has 0 spiro atoms. The number of aryl methyl sites for hydroxylation is 2. The summed E-state index contributed by atoms with van der Waals surface area (Å²) in [4.78, 5) is 17.5. The molecule has 0 amide bonds. The average Bonchev–Trinajstić information content (AvgIpc) is 2.38. The van der Waals surface area contributed by atoms with Gasteiger partial charge < -0.3 is 14.3 Å². The molecule has 0 heterocycles. The van der Waals surface area contributed by atoms with Crippen LogP contribution in [0.1, 0.15) is 11.1 Å². The summed E-state index contributed by atoms with van der Waals surface area (Å²) < 4.78 is 4.81. The average molecular weight is 262 g/mol. The van der Waals surface area contributed by atoms with Crippen molar-refractivity contribution in [1.29, 1.82) is 0 Å². The molecule has 0 saturated carbocycles. The van der Waals surface area contributed by atoms with Gasteiger partial charge in [-0.25, -0.2) is 0 Å². The maximum Gasteiger partial charge on any atom is 0.391 e. The van der Waals surface area contributed by atoms with Crippen LogP contribution in [0.4, 0.5) is 0 Å². The van der Waals surface area contributed by atoms with Gasteiger partial charge in [0.05, 0.1) is 0 Å². The molecule has 0 aliphatic heterocycles. The third-order valence-electron chi connectivity index (χ3n) is 2.66. The summed E-state index contributed by atoms with van der Waals surface area (Å²) in [6.07, 6.45) is 1.95. The van der Waals surface area contributed by atoms with Crippen molar-refractivity contribution < 1.29 is 14.3 Å². The molecule has 0 aliphatic rings. The Kier molecular flexibility index (Phi) is 4.71. The first-order valence-electron chi connectivity index (χ1n) is 5.73. The highest BCUT2D eigenvalue weighted by atomic mass is 31.2. The van der Waals surface area contributed by atoms with Crippen molar-refractivity contribution in [2.24, 2.45) is 0 Å². The van der Waals surface area contributed by atoms with E-state index in [4.69, 9.17) is 14.3 Å². The molecule has 2 N–H and O–H groups in total. The van der Waals surface area contributed by atoms with E-state index in [2.05, 4.69) is 12.1 Å². The molecule has 94 valence electrons. The first-order chi connectivity index (χ1) is 8.74. The summed E-state index contributed by atoms with van der Waals surface area (Å²) in [5, 5.41) is 0. The van der Waals surface area contributed by atoms with Crippen LogP contribution in [0.25, 0.3) is 0 Å². The zero-order chi connectivity index (χ0) is 12.8. The summed E-state index contributed by atoms with van der Waals surface area (Å²) >= 11 is 0. The molecular weight excluding hydrogens is 247 g/mol. The van der Waals surface area contributed by atoms with Crippen LogP contribution in [0.2, 0.25) is 0 Å². The van der Waals surface area contributed by atoms with Crippen molar-refractivity contribution in [2.75, 3.05) is 0 Å². The van der Waals surface area contributed by atoms with Crippen molar-refractivity contribution in [1.82, 2.24) is 0 Å². The van der Waals surface area contributed by atoms with Gasteiger partial charge in [0, 0.05) is 0 Å². The second kappa shape index (κ2) is 6.50. The lowest BCUT2D eigenvalue weighted by molar-refractivity contribution is 0.375. The molecule has 4 heteroatoms. The van der Waals surface area contributed by atoms with Crippen LogP contribution in [0.5, 0.6) is 5.75 Å². The summed E-state index contributed by atoms with van der Waals surface area (Å²) in [6.45, 7) is 0. The number of rotatable bonds is 5. The van der Waals surface area contributed by atoms with Crippen molar-refractivity contribution in [3.63, 3.8) is 0 Å². The van der Waals surface area contributed by atoms with Gasteiger partial charge in [-0.15, -0.1) is 0 Å². The van der Waals surface area contributed by atoms with Gasteiger partial charge >= 0.3 is 8.60 Å². The molecule has 0 bridgehead atoms. The van der Waals surface area contributed by atoms with Crippen LogP contribution in [0.15, 0.2) is 54.6 Å². The fourth-order valence-electron chi connectivity index (χ4n) is 1.74. The molecule has 0 saturated heterocycles. The Balaban J connectivity index is 1.90. The normalized spacial score (nSPS) is 10.6. The Morgan fingerprint density at radius 1 is 0.778 bits per heavy atom. The quantitative estimate of drug-likeness (QED) is 0.814. The van der Waals surface area contributed by atoms with Crippen LogP contribution in [-0.2, 0) is 12.8 Å². The topological polar surface area (TPSA) is 49.7 Å². The maximum atomic E-state index is 8.73. The van der Waals surface area contributed by atoms with Crippen LogP contribution in [0, 0.1) is 0 Å². The third-order valence-corrected chi connectivity index (χ3v) is 3.03. The van der Waals surface area contributed by atoms with Crippen molar-refractivity contribution >= 4 is 8.60 Å². The van der Waals surface area contributed by atoms with Gasteiger partial charge in [0.1, 0.15) is 5.75 Å². The van der Waals surface area contributed by atoms with E-state index in [1.807, 2.05) is 30.3 Å². The molecular formula is C14H15O3P. The molecule has 0 atom stereocenters. The molecule has 0 fully saturated rings. The fourth-order valence-corrected chi connectivity index (χ4v) is 2.05. The number of hydrogen-bond acceptors (Lipinski definition) is 3. The van der Waals surface area contributed by atoms with E-state index in [9.17, 15) is 0 Å². The van der Waals surface area contributed by atoms with E-state index in [0.29, 0.717) is 5.75 Å². The van der Waals surface area contributed by atoms with Crippen LogP contribution < -0.4 is 4.52 Å². The monoisotopic (exact) mass is 262 g/mol. The molecule has 18 heavy (non-hydrogen) atoms. The maximum absolute atomic E-state index is 8.73. The minimum Gasteiger partial charge on any atom is -0.427 e.